The summed E-state index contributed by atoms with van der Waals surface area (Å²) in [5.74, 6) is 0.934. The van der Waals surface area contributed by atoms with Crippen molar-refractivity contribution in [1.29, 1.82) is 0 Å². The van der Waals surface area contributed by atoms with E-state index in [1.54, 1.807) is 0 Å². The average Bonchev–Trinajstić information content (AvgIpc) is 3.41. The second kappa shape index (κ2) is 7.41. The molecule has 1 atom stereocenters. The Morgan fingerprint density at radius 3 is 2.72 bits per heavy atom. The third kappa shape index (κ3) is 3.12. The van der Waals surface area contributed by atoms with Crippen molar-refractivity contribution in [2.24, 2.45) is 0 Å². The summed E-state index contributed by atoms with van der Waals surface area (Å²) >= 11 is 1.50. The molecule has 1 N–H and O–H groups in total. The number of hydrogen-bond acceptors (Lipinski definition) is 3. The topological polar surface area (TPSA) is 45.3 Å². The molecule has 5 rings (SSSR count). The van der Waals surface area contributed by atoms with Crippen molar-refractivity contribution >= 4 is 28.1 Å². The fourth-order valence-corrected chi connectivity index (χ4v) is 4.94. The van der Waals surface area contributed by atoms with Crippen LogP contribution in [-0.2, 0) is 6.42 Å². The van der Waals surface area contributed by atoms with E-state index in [9.17, 15) is 4.79 Å². The maximum absolute atomic E-state index is 13.3. The summed E-state index contributed by atoms with van der Waals surface area (Å²) < 4.78 is 5.61. The molecule has 1 amide bonds. The summed E-state index contributed by atoms with van der Waals surface area (Å²) in [7, 11) is 0. The Balaban J connectivity index is 1.63. The Labute approximate surface area is 173 Å². The quantitative estimate of drug-likeness (QED) is 0.496. The van der Waals surface area contributed by atoms with Gasteiger partial charge in [0, 0.05) is 23.1 Å². The first-order valence-corrected chi connectivity index (χ1v) is 10.8. The number of hydrogen-bond donors (Lipinski definition) is 1. The van der Waals surface area contributed by atoms with Gasteiger partial charge in [0.2, 0.25) is 0 Å². The number of H-pyrrole nitrogens is 1. The second-order valence-corrected chi connectivity index (χ2v) is 8.14. The van der Waals surface area contributed by atoms with Crippen LogP contribution in [0.3, 0.4) is 0 Å². The molecule has 0 bridgehead atoms. The molecule has 0 unspecified atom stereocenters. The lowest BCUT2D eigenvalue weighted by atomic mass is 9.92. The van der Waals surface area contributed by atoms with Crippen LogP contribution in [0, 0.1) is 0 Å². The number of nitrogens with zero attached hydrogens (tertiary/aromatic N) is 1. The molecule has 1 aliphatic heterocycles. The van der Waals surface area contributed by atoms with Crippen LogP contribution in [0.25, 0.3) is 10.9 Å². The van der Waals surface area contributed by atoms with Crippen molar-refractivity contribution in [3.63, 3.8) is 0 Å². The smallest absolute Gasteiger partial charge is 0.264 e. The van der Waals surface area contributed by atoms with E-state index in [1.165, 1.54) is 22.3 Å². The molecule has 0 fully saturated rings. The molecule has 0 saturated carbocycles. The zero-order chi connectivity index (χ0) is 19.8. The molecule has 2 aromatic heterocycles. The summed E-state index contributed by atoms with van der Waals surface area (Å²) in [5, 5.41) is 3.21. The fourth-order valence-electron chi connectivity index (χ4n) is 4.26. The van der Waals surface area contributed by atoms with E-state index < -0.39 is 0 Å². The van der Waals surface area contributed by atoms with Gasteiger partial charge in [0.25, 0.3) is 5.91 Å². The summed E-state index contributed by atoms with van der Waals surface area (Å²) in [6, 6.07) is 20.2. The zero-order valence-corrected chi connectivity index (χ0v) is 17.0. The van der Waals surface area contributed by atoms with Gasteiger partial charge in [-0.2, -0.15) is 0 Å². The number of benzene rings is 2. The number of ether oxygens (including phenoxy) is 1. The van der Waals surface area contributed by atoms with Gasteiger partial charge in [-0.15, -0.1) is 11.3 Å². The van der Waals surface area contributed by atoms with Crippen molar-refractivity contribution in [1.82, 2.24) is 9.88 Å². The van der Waals surface area contributed by atoms with E-state index in [0.29, 0.717) is 13.2 Å². The highest BCUT2D eigenvalue weighted by Gasteiger charge is 2.35. The van der Waals surface area contributed by atoms with Crippen molar-refractivity contribution in [2.45, 2.75) is 19.4 Å². The van der Waals surface area contributed by atoms with Crippen LogP contribution in [0.15, 0.2) is 66.0 Å². The largest absolute Gasteiger partial charge is 0.494 e. The van der Waals surface area contributed by atoms with E-state index >= 15 is 0 Å². The molecule has 3 heterocycles. The van der Waals surface area contributed by atoms with Gasteiger partial charge in [-0.1, -0.05) is 36.4 Å². The van der Waals surface area contributed by atoms with Crippen LogP contribution >= 0.6 is 11.3 Å². The Kier molecular flexibility index (Phi) is 4.60. The zero-order valence-electron chi connectivity index (χ0n) is 16.2. The predicted octanol–water partition coefficient (Wildman–Crippen LogP) is 5.42. The van der Waals surface area contributed by atoms with Crippen molar-refractivity contribution in [3.05, 3.63) is 87.7 Å². The van der Waals surface area contributed by atoms with Gasteiger partial charge < -0.3 is 14.6 Å². The molecule has 29 heavy (non-hydrogen) atoms. The van der Waals surface area contributed by atoms with E-state index in [1.807, 2.05) is 47.5 Å². The maximum Gasteiger partial charge on any atom is 0.264 e. The van der Waals surface area contributed by atoms with Gasteiger partial charge in [-0.25, -0.2) is 0 Å². The van der Waals surface area contributed by atoms with Crippen molar-refractivity contribution < 1.29 is 9.53 Å². The number of rotatable bonds is 4. The first kappa shape index (κ1) is 18.0. The number of para-hydroxylation sites is 1. The summed E-state index contributed by atoms with van der Waals surface area (Å²) in [6.07, 6.45) is 0.851. The van der Waals surface area contributed by atoms with E-state index in [4.69, 9.17) is 4.74 Å². The number of thiophene rings is 1. The van der Waals surface area contributed by atoms with E-state index in [0.717, 1.165) is 33.8 Å². The third-order valence-electron chi connectivity index (χ3n) is 5.53. The first-order valence-electron chi connectivity index (χ1n) is 9.93. The van der Waals surface area contributed by atoms with Crippen LogP contribution in [-0.4, -0.2) is 28.9 Å². The maximum atomic E-state index is 13.3. The molecule has 5 heteroatoms. The van der Waals surface area contributed by atoms with Gasteiger partial charge >= 0.3 is 0 Å². The average molecular weight is 403 g/mol. The second-order valence-electron chi connectivity index (χ2n) is 7.19. The third-order valence-corrected chi connectivity index (χ3v) is 6.39. The lowest BCUT2D eigenvalue weighted by molar-refractivity contribution is 0.0697. The van der Waals surface area contributed by atoms with Gasteiger partial charge in [0.1, 0.15) is 5.75 Å². The fraction of sp³-hybridized carbons (Fsp3) is 0.208. The monoisotopic (exact) mass is 402 g/mol. The lowest BCUT2D eigenvalue weighted by Crippen LogP contribution is -2.40. The highest BCUT2D eigenvalue weighted by Crippen LogP contribution is 2.39. The van der Waals surface area contributed by atoms with Crippen LogP contribution in [0.1, 0.15) is 39.5 Å². The number of fused-ring (bicyclic) bond motifs is 3. The number of carbonyl (C=O) groups is 1. The minimum atomic E-state index is -0.142. The standard InChI is InChI=1S/C24H22N2O2S/c1-2-28-17-11-9-16(10-12-17)23-22-19(18-6-3-4-7-20(18)25-22)13-14-26(23)24(27)21-8-5-15-29-21/h3-12,15,23,25H,2,13-14H2,1H3/t23-/m1/s1. The van der Waals surface area contributed by atoms with Gasteiger partial charge in [0.05, 0.1) is 17.5 Å². The molecule has 1 aliphatic rings. The van der Waals surface area contributed by atoms with Crippen LogP contribution < -0.4 is 4.74 Å². The Morgan fingerprint density at radius 2 is 1.97 bits per heavy atom. The van der Waals surface area contributed by atoms with E-state index in [2.05, 4.69) is 35.3 Å². The summed E-state index contributed by atoms with van der Waals surface area (Å²) in [5.41, 5.74) is 4.64. The Bertz CT molecular complexity index is 1150. The molecule has 0 radical (unpaired) electrons. The Morgan fingerprint density at radius 1 is 1.14 bits per heavy atom. The van der Waals surface area contributed by atoms with Crippen molar-refractivity contribution in [3.8, 4) is 5.75 Å². The van der Waals surface area contributed by atoms with Crippen LogP contribution in [0.5, 0.6) is 5.75 Å². The normalized spacial score (nSPS) is 16.0. The van der Waals surface area contributed by atoms with E-state index in [-0.39, 0.29) is 11.9 Å². The lowest BCUT2D eigenvalue weighted by Gasteiger charge is -2.36. The highest BCUT2D eigenvalue weighted by molar-refractivity contribution is 7.12. The molecule has 0 aliphatic carbocycles. The molecule has 4 nitrogen and oxygen atoms in total. The molecule has 2 aromatic carbocycles. The van der Waals surface area contributed by atoms with Gasteiger partial charge in [-0.3, -0.25) is 4.79 Å². The number of carbonyl (C=O) groups excluding carboxylic acids is 1. The number of aromatic nitrogens is 1. The molecule has 0 saturated heterocycles. The highest BCUT2D eigenvalue weighted by atomic mass is 32.1. The number of amides is 1. The van der Waals surface area contributed by atoms with Crippen LogP contribution in [0.2, 0.25) is 0 Å². The molecule has 0 spiro atoms. The molecular formula is C24H22N2O2S. The SMILES string of the molecule is CCOc1ccc([C@@H]2c3[nH]c4ccccc4c3CCN2C(=O)c2cccs2)cc1. The summed E-state index contributed by atoms with van der Waals surface area (Å²) in [4.78, 5) is 19.7. The van der Waals surface area contributed by atoms with Crippen LogP contribution in [0.4, 0.5) is 0 Å². The Hall–Kier alpha value is -3.05. The molecule has 146 valence electrons. The van der Waals surface area contributed by atoms with Crippen molar-refractivity contribution in [2.75, 3.05) is 13.2 Å². The summed E-state index contributed by atoms with van der Waals surface area (Å²) in [6.45, 7) is 3.31. The number of nitrogens with one attached hydrogen (secondary N) is 1. The molecule has 4 aromatic rings. The van der Waals surface area contributed by atoms with Gasteiger partial charge in [-0.05, 0) is 54.1 Å². The molecular weight excluding hydrogens is 380 g/mol. The minimum Gasteiger partial charge on any atom is -0.494 e. The minimum absolute atomic E-state index is 0.0863. The van der Waals surface area contributed by atoms with Gasteiger partial charge in [0.15, 0.2) is 0 Å². The predicted molar refractivity (Wildman–Crippen MR) is 117 cm³/mol. The first-order chi connectivity index (χ1) is 14.3. The number of aromatic amines is 1.